The summed E-state index contributed by atoms with van der Waals surface area (Å²) in [7, 11) is 0. The molecule has 1 spiro atoms. The molecule has 2 unspecified atom stereocenters. The SMILES string of the molecule is CC(C)(C)CC(C)(C)NC(=O)C1N([C@H](CO)c2ccccc2)C(=O)[C@@H]2[C@H](C(=O)NCc3ccccc3)[C@]3(C)CCC12S3. The molecule has 5 rings (SSSR count). The Hall–Kier alpha value is -2.84. The van der Waals surface area contributed by atoms with E-state index in [2.05, 4.69) is 38.3 Å². The van der Waals surface area contributed by atoms with Crippen LogP contribution in [0.15, 0.2) is 60.7 Å². The number of likely N-dealkylation sites (tertiary alicyclic amines) is 1. The van der Waals surface area contributed by atoms with E-state index in [9.17, 15) is 19.5 Å². The molecule has 2 aromatic carbocycles. The summed E-state index contributed by atoms with van der Waals surface area (Å²) in [5, 5.41) is 17.1. The van der Waals surface area contributed by atoms with E-state index in [1.807, 2.05) is 74.5 Å². The van der Waals surface area contributed by atoms with Gasteiger partial charge in [-0.15, -0.1) is 11.8 Å². The zero-order chi connectivity index (χ0) is 30.5. The Morgan fingerprint density at radius 1 is 1.00 bits per heavy atom. The summed E-state index contributed by atoms with van der Waals surface area (Å²) in [6.07, 6.45) is 2.15. The van der Waals surface area contributed by atoms with E-state index in [1.165, 1.54) is 0 Å². The van der Waals surface area contributed by atoms with Crippen molar-refractivity contribution in [2.24, 2.45) is 17.3 Å². The molecule has 3 saturated heterocycles. The molecule has 7 nitrogen and oxygen atoms in total. The van der Waals surface area contributed by atoms with Crippen molar-refractivity contribution in [3.8, 4) is 0 Å². The van der Waals surface area contributed by atoms with E-state index >= 15 is 0 Å². The molecule has 3 N–H and O–H groups in total. The Bertz CT molecular complexity index is 1330. The number of nitrogens with zero attached hydrogens (tertiary/aromatic N) is 1. The number of rotatable bonds is 9. The van der Waals surface area contributed by atoms with E-state index in [1.54, 1.807) is 16.7 Å². The maximum absolute atomic E-state index is 14.6. The molecule has 226 valence electrons. The van der Waals surface area contributed by atoms with E-state index < -0.39 is 39.0 Å². The summed E-state index contributed by atoms with van der Waals surface area (Å²) >= 11 is 1.65. The molecule has 3 fully saturated rings. The molecule has 3 aliphatic rings. The van der Waals surface area contributed by atoms with Gasteiger partial charge in [0.2, 0.25) is 17.7 Å². The second kappa shape index (κ2) is 11.0. The molecular formula is C34H45N3O4S. The van der Waals surface area contributed by atoms with Crippen LogP contribution in [0, 0.1) is 17.3 Å². The fourth-order valence-electron chi connectivity index (χ4n) is 8.10. The van der Waals surface area contributed by atoms with Gasteiger partial charge in [0.05, 0.1) is 29.2 Å². The third kappa shape index (κ3) is 5.48. The molecule has 0 aliphatic carbocycles. The molecule has 0 aromatic heterocycles. The van der Waals surface area contributed by atoms with Crippen LogP contribution >= 0.6 is 11.8 Å². The molecule has 8 heteroatoms. The van der Waals surface area contributed by atoms with E-state index in [-0.39, 0.29) is 29.7 Å². The second-order valence-electron chi connectivity index (χ2n) is 14.4. The average Bonchev–Trinajstić information content (AvgIpc) is 3.48. The van der Waals surface area contributed by atoms with Gasteiger partial charge in [0.25, 0.3) is 0 Å². The molecule has 3 aliphatic heterocycles. The molecule has 42 heavy (non-hydrogen) atoms. The summed E-state index contributed by atoms with van der Waals surface area (Å²) in [6.45, 7) is 12.6. The smallest absolute Gasteiger partial charge is 0.244 e. The number of carbonyl (C=O) groups excluding carboxylic acids is 3. The molecule has 3 amide bonds. The highest BCUT2D eigenvalue weighted by atomic mass is 32.2. The predicted molar refractivity (Wildman–Crippen MR) is 166 cm³/mol. The highest BCUT2D eigenvalue weighted by molar-refractivity contribution is 8.02. The van der Waals surface area contributed by atoms with Crippen molar-refractivity contribution in [2.45, 2.75) is 94.5 Å². The molecule has 3 heterocycles. The van der Waals surface area contributed by atoms with Crippen molar-refractivity contribution in [2.75, 3.05) is 6.61 Å². The van der Waals surface area contributed by atoms with Crippen molar-refractivity contribution >= 4 is 29.5 Å². The number of nitrogens with one attached hydrogen (secondary N) is 2. The summed E-state index contributed by atoms with van der Waals surface area (Å²) < 4.78 is -1.22. The van der Waals surface area contributed by atoms with Gasteiger partial charge in [-0.25, -0.2) is 0 Å². The van der Waals surface area contributed by atoms with Gasteiger partial charge >= 0.3 is 0 Å². The summed E-state index contributed by atoms with van der Waals surface area (Å²) in [5.41, 5.74) is 1.23. The Kier molecular flexibility index (Phi) is 8.03. The van der Waals surface area contributed by atoms with Gasteiger partial charge in [0.15, 0.2) is 0 Å². The third-order valence-corrected chi connectivity index (χ3v) is 11.2. The summed E-state index contributed by atoms with van der Waals surface area (Å²) in [5.74, 6) is -1.82. The lowest BCUT2D eigenvalue weighted by Gasteiger charge is -2.40. The molecule has 0 radical (unpaired) electrons. The lowest BCUT2D eigenvalue weighted by atomic mass is 9.66. The minimum Gasteiger partial charge on any atom is -0.394 e. The van der Waals surface area contributed by atoms with Gasteiger partial charge in [-0.3, -0.25) is 14.4 Å². The monoisotopic (exact) mass is 591 g/mol. The third-order valence-electron chi connectivity index (χ3n) is 9.18. The van der Waals surface area contributed by atoms with Crippen molar-refractivity contribution < 1.29 is 19.5 Å². The number of thioether (sulfide) groups is 1. The predicted octanol–water partition coefficient (Wildman–Crippen LogP) is 4.85. The number of hydrogen-bond donors (Lipinski definition) is 3. The van der Waals surface area contributed by atoms with Crippen LogP contribution in [-0.2, 0) is 20.9 Å². The average molecular weight is 592 g/mol. The van der Waals surface area contributed by atoms with Gasteiger partial charge in [-0.05, 0) is 56.6 Å². The van der Waals surface area contributed by atoms with Crippen LogP contribution in [-0.4, -0.2) is 55.4 Å². The first-order valence-corrected chi connectivity index (χ1v) is 15.8. The molecular weight excluding hydrogens is 546 g/mol. The highest BCUT2D eigenvalue weighted by Gasteiger charge is 2.77. The molecule has 2 bridgehead atoms. The van der Waals surface area contributed by atoms with Gasteiger partial charge in [0, 0.05) is 16.8 Å². The van der Waals surface area contributed by atoms with E-state index in [0.717, 1.165) is 24.0 Å². The Balaban J connectivity index is 1.53. The number of aliphatic hydroxyl groups excluding tert-OH is 1. The first kappa shape index (κ1) is 30.6. The van der Waals surface area contributed by atoms with Gasteiger partial charge in [-0.2, -0.15) is 0 Å². The van der Waals surface area contributed by atoms with Crippen LogP contribution in [0.25, 0.3) is 0 Å². The fraction of sp³-hybridized carbons (Fsp3) is 0.559. The largest absolute Gasteiger partial charge is 0.394 e. The number of fused-ring (bicyclic) bond motifs is 1. The van der Waals surface area contributed by atoms with Crippen molar-refractivity contribution in [1.82, 2.24) is 15.5 Å². The van der Waals surface area contributed by atoms with Crippen LogP contribution < -0.4 is 10.6 Å². The van der Waals surface area contributed by atoms with Crippen LogP contribution in [0.3, 0.4) is 0 Å². The van der Waals surface area contributed by atoms with Crippen LogP contribution in [0.5, 0.6) is 0 Å². The van der Waals surface area contributed by atoms with Crippen LogP contribution in [0.4, 0.5) is 0 Å². The Labute approximate surface area is 254 Å². The standard InChI is InChI=1S/C34H45N3O4S/c1-31(2,3)21-32(4,5)36-29(40)27-34-18-17-33(6,42-34)25(28(39)35-19-22-13-9-7-10-14-22)26(34)30(41)37(27)24(20-38)23-15-11-8-12-16-23/h7-16,24-27,38H,17-21H2,1-6H3,(H,35,39)(H,36,40)/t24-,25-,26+,27?,33+,34?/m1/s1. The zero-order valence-electron chi connectivity index (χ0n) is 25.6. The molecule has 0 saturated carbocycles. The number of benzene rings is 2. The van der Waals surface area contributed by atoms with Gasteiger partial charge in [0.1, 0.15) is 6.04 Å². The maximum atomic E-state index is 14.6. The number of amides is 3. The van der Waals surface area contributed by atoms with Gasteiger partial charge in [-0.1, -0.05) is 81.4 Å². The van der Waals surface area contributed by atoms with E-state index in [4.69, 9.17) is 0 Å². The maximum Gasteiger partial charge on any atom is 0.244 e. The number of aliphatic hydroxyl groups is 1. The molecule has 6 atom stereocenters. The lowest BCUT2D eigenvalue weighted by molar-refractivity contribution is -0.143. The minimum atomic E-state index is -0.814. The van der Waals surface area contributed by atoms with Crippen LogP contribution in [0.1, 0.15) is 78.0 Å². The normalized spacial score (nSPS) is 29.4. The first-order valence-electron chi connectivity index (χ1n) is 15.0. The van der Waals surface area contributed by atoms with Crippen LogP contribution in [0.2, 0.25) is 0 Å². The topological polar surface area (TPSA) is 98.7 Å². The Morgan fingerprint density at radius 2 is 1.62 bits per heavy atom. The van der Waals surface area contributed by atoms with Crippen molar-refractivity contribution in [3.63, 3.8) is 0 Å². The van der Waals surface area contributed by atoms with Crippen molar-refractivity contribution in [3.05, 3.63) is 71.8 Å². The minimum absolute atomic E-state index is 0.0174. The molecule has 2 aromatic rings. The van der Waals surface area contributed by atoms with Gasteiger partial charge < -0.3 is 20.6 Å². The highest BCUT2D eigenvalue weighted by Crippen LogP contribution is 2.72. The fourth-order valence-corrected chi connectivity index (χ4v) is 10.4. The van der Waals surface area contributed by atoms with E-state index in [0.29, 0.717) is 13.0 Å². The summed E-state index contributed by atoms with van der Waals surface area (Å²) in [4.78, 5) is 44.7. The Morgan fingerprint density at radius 3 is 2.21 bits per heavy atom. The number of carbonyl (C=O) groups is 3. The number of hydrogen-bond acceptors (Lipinski definition) is 5. The quantitative estimate of drug-likeness (QED) is 0.387. The second-order valence-corrected chi connectivity index (χ2v) is 16.3. The first-order chi connectivity index (χ1) is 19.7. The van der Waals surface area contributed by atoms with Crippen molar-refractivity contribution in [1.29, 1.82) is 0 Å². The summed E-state index contributed by atoms with van der Waals surface area (Å²) in [6, 6.07) is 17.6. The zero-order valence-corrected chi connectivity index (χ0v) is 26.5. The lowest BCUT2D eigenvalue weighted by Crippen LogP contribution is -2.59.